The number of halogens is 1. The molecule has 87 heavy (non-hydrogen) atoms. The number of hydrogen-bond acceptors (Lipinski definition) is 23. The van der Waals surface area contributed by atoms with Crippen molar-refractivity contribution in [3.8, 4) is 0 Å². The maximum atomic E-state index is 13.1. The molecule has 29 heteroatoms. The van der Waals surface area contributed by atoms with E-state index in [1.807, 2.05) is 20.8 Å². The molecule has 2 aromatic carbocycles. The number of carbonyl (C=O) groups excluding carboxylic acids is 11. The van der Waals surface area contributed by atoms with E-state index in [9.17, 15) is 57.5 Å². The number of fused-ring (bicyclic) bond motifs is 2. The lowest BCUT2D eigenvalue weighted by Gasteiger charge is -2.27. The van der Waals surface area contributed by atoms with Gasteiger partial charge in [-0.1, -0.05) is 12.1 Å². The highest BCUT2D eigenvalue weighted by molar-refractivity contribution is 6.26. The minimum absolute atomic E-state index is 0. The summed E-state index contributed by atoms with van der Waals surface area (Å²) in [5, 5.41) is 18.7. The first-order chi connectivity index (χ1) is 41.3. The van der Waals surface area contributed by atoms with Crippen LogP contribution in [0.2, 0.25) is 0 Å². The van der Waals surface area contributed by atoms with Crippen LogP contribution in [0.4, 0.5) is 11.4 Å². The van der Waals surface area contributed by atoms with Crippen molar-refractivity contribution in [1.82, 2.24) is 20.4 Å². The molecule has 0 spiro atoms. The smallest absolute Gasteiger partial charge is 0.308 e. The number of benzene rings is 2. The molecule has 4 aliphatic rings. The molecule has 2 saturated heterocycles. The molecule has 0 aromatic heterocycles. The summed E-state index contributed by atoms with van der Waals surface area (Å²) < 4.78 is 48.1. The van der Waals surface area contributed by atoms with Gasteiger partial charge in [0, 0.05) is 50.3 Å². The number of ketones is 2. The van der Waals surface area contributed by atoms with E-state index in [4.69, 9.17) is 47.7 Å². The summed E-state index contributed by atoms with van der Waals surface area (Å²) >= 11 is 0. The standard InChI is InChI=1S/C31H43N3O11.C27H35N3O11.ClH/c1-31(2,3)45-26(37)11-13-42-15-17-44-19-18-43-16-14-41-12-5-6-21(35)20-32-23-8-4-7-22-27(23)30(40)34(29(22)39)24-9-10-25(36)33-28(24)38;31-18(3-2-9-38-11-13-40-15-16-41-14-12-39-10-8-23(33)34)17-28-20-5-1-4-19-24(20)27(37)30(26(19)36)21-6-7-22(32)29-25(21)35;/h4,7-8,24,32H,5-6,9-20H2,1-3H3,(H,33,36,38);1,4-5,21,28H,2-3,6-17H2,(H,33,34)(H,29,32,35);1H. The SMILES string of the molecule is CC(C)(C)OC(=O)CCOCCOCCOCCOCCCC(=O)CNc1cccc2c1C(=O)N(C1CCC(=O)NC1=O)C2=O.Cl.O=C(O)CCOCCOCCOCCOCCCC(=O)CNc1cccc2c1C(=O)N(C1CCC(=O)NC1=O)C2=O. The van der Waals surface area contributed by atoms with Crippen LogP contribution >= 0.6 is 12.4 Å². The van der Waals surface area contributed by atoms with Crippen LogP contribution in [0.5, 0.6) is 0 Å². The average molecular weight is 1250 g/mol. The van der Waals surface area contributed by atoms with E-state index in [0.717, 1.165) is 9.80 Å². The molecule has 2 fully saturated rings. The largest absolute Gasteiger partial charge is 0.481 e. The number of carboxylic acid groups (broad SMARTS) is 1. The lowest BCUT2D eigenvalue weighted by Crippen LogP contribution is -2.54. The third-order valence-corrected chi connectivity index (χ3v) is 12.9. The summed E-state index contributed by atoms with van der Waals surface area (Å²) in [6.45, 7) is 11.0. The number of amides is 8. The predicted octanol–water partition coefficient (Wildman–Crippen LogP) is 2.46. The van der Waals surface area contributed by atoms with Gasteiger partial charge in [0.2, 0.25) is 23.6 Å². The van der Waals surface area contributed by atoms with Crippen LogP contribution in [0, 0.1) is 0 Å². The molecule has 6 rings (SSSR count). The molecule has 5 N–H and O–H groups in total. The Morgan fingerprint density at radius 3 is 1.18 bits per heavy atom. The molecular formula is C58H79ClN6O22. The molecule has 480 valence electrons. The van der Waals surface area contributed by atoms with Crippen LogP contribution < -0.4 is 21.3 Å². The van der Waals surface area contributed by atoms with Gasteiger partial charge in [-0.2, -0.15) is 0 Å². The van der Waals surface area contributed by atoms with Crippen molar-refractivity contribution in [3.05, 3.63) is 58.7 Å². The first-order valence-electron chi connectivity index (χ1n) is 28.5. The Balaban J connectivity index is 0.000000370. The number of imide groups is 4. The van der Waals surface area contributed by atoms with Crippen molar-refractivity contribution in [1.29, 1.82) is 0 Å². The fourth-order valence-electron chi connectivity index (χ4n) is 8.86. The van der Waals surface area contributed by atoms with Gasteiger partial charge in [-0.3, -0.25) is 78.0 Å². The number of esters is 1. The normalized spacial score (nSPS) is 16.4. The Kier molecular flexibility index (Phi) is 31.8. The van der Waals surface area contributed by atoms with E-state index in [0.29, 0.717) is 117 Å². The first-order valence-corrected chi connectivity index (χ1v) is 28.5. The number of carbonyl (C=O) groups is 12. The van der Waals surface area contributed by atoms with E-state index in [1.54, 1.807) is 24.3 Å². The zero-order valence-corrected chi connectivity index (χ0v) is 50.1. The summed E-state index contributed by atoms with van der Waals surface area (Å²) in [6, 6.07) is 7.25. The number of nitrogens with one attached hydrogen (secondary N) is 4. The highest BCUT2D eigenvalue weighted by Gasteiger charge is 2.47. The molecule has 0 bridgehead atoms. The van der Waals surface area contributed by atoms with E-state index in [1.165, 1.54) is 12.1 Å². The van der Waals surface area contributed by atoms with Crippen LogP contribution in [0.1, 0.15) is 126 Å². The Labute approximate surface area is 509 Å². The van der Waals surface area contributed by atoms with Gasteiger partial charge >= 0.3 is 11.9 Å². The summed E-state index contributed by atoms with van der Waals surface area (Å²) in [5.74, 6) is -6.15. The van der Waals surface area contributed by atoms with Crippen LogP contribution in [0.3, 0.4) is 0 Å². The minimum Gasteiger partial charge on any atom is -0.481 e. The zero-order chi connectivity index (χ0) is 62.4. The van der Waals surface area contributed by atoms with Crippen LogP contribution in [0.25, 0.3) is 0 Å². The van der Waals surface area contributed by atoms with E-state index >= 15 is 0 Å². The first kappa shape index (κ1) is 72.3. The molecule has 28 nitrogen and oxygen atoms in total. The van der Waals surface area contributed by atoms with Gasteiger partial charge in [0.15, 0.2) is 11.6 Å². The van der Waals surface area contributed by atoms with Gasteiger partial charge in [-0.15, -0.1) is 12.4 Å². The van der Waals surface area contributed by atoms with Gasteiger partial charge < -0.3 is 58.4 Å². The molecule has 0 radical (unpaired) electrons. The topological polar surface area (TPSA) is 363 Å². The minimum atomic E-state index is -1.06. The summed E-state index contributed by atoms with van der Waals surface area (Å²) in [7, 11) is 0. The number of carboxylic acids is 1. The number of anilines is 2. The van der Waals surface area contributed by atoms with E-state index in [-0.39, 0.29) is 130 Å². The Morgan fingerprint density at radius 1 is 0.494 bits per heavy atom. The van der Waals surface area contributed by atoms with Crippen molar-refractivity contribution < 1.29 is 105 Å². The second-order valence-electron chi connectivity index (χ2n) is 20.7. The molecule has 0 saturated carbocycles. The van der Waals surface area contributed by atoms with Crippen molar-refractivity contribution >= 4 is 94.5 Å². The number of hydrogen-bond donors (Lipinski definition) is 5. The fourth-order valence-corrected chi connectivity index (χ4v) is 8.86. The Hall–Kier alpha value is -7.15. The van der Waals surface area contributed by atoms with Crippen molar-refractivity contribution in [2.45, 2.75) is 103 Å². The second-order valence-corrected chi connectivity index (χ2v) is 20.7. The van der Waals surface area contributed by atoms with Gasteiger partial charge in [0.1, 0.15) is 17.7 Å². The predicted molar refractivity (Wildman–Crippen MR) is 308 cm³/mol. The number of aliphatic carboxylic acids is 1. The number of nitrogens with zero attached hydrogens (tertiary/aromatic N) is 2. The Morgan fingerprint density at radius 2 is 0.839 bits per heavy atom. The highest BCUT2D eigenvalue weighted by Crippen LogP contribution is 2.34. The third kappa shape index (κ3) is 24.5. The third-order valence-electron chi connectivity index (χ3n) is 12.9. The number of ether oxygens (including phenoxy) is 9. The molecule has 2 aromatic rings. The molecule has 4 aliphatic heterocycles. The van der Waals surface area contributed by atoms with E-state index < -0.39 is 70.9 Å². The average Bonchev–Trinajstić information content (AvgIpc) is 1.73. The van der Waals surface area contributed by atoms with Crippen molar-refractivity contribution in [2.24, 2.45) is 0 Å². The van der Waals surface area contributed by atoms with Crippen molar-refractivity contribution in [3.63, 3.8) is 0 Å². The summed E-state index contributed by atoms with van der Waals surface area (Å²) in [5.41, 5.74) is 0.650. The van der Waals surface area contributed by atoms with E-state index in [2.05, 4.69) is 21.3 Å². The molecule has 2 unspecified atom stereocenters. The number of Topliss-reactive ketones (excluding diaryl/α,β-unsaturated/α-hetero) is 2. The second kappa shape index (κ2) is 38.2. The maximum Gasteiger partial charge on any atom is 0.308 e. The van der Waals surface area contributed by atoms with Crippen LogP contribution in [-0.2, 0) is 81.0 Å². The molecule has 4 heterocycles. The zero-order valence-electron chi connectivity index (χ0n) is 49.2. The summed E-state index contributed by atoms with van der Waals surface area (Å²) in [4.78, 5) is 148. The van der Waals surface area contributed by atoms with Gasteiger partial charge in [-0.25, -0.2) is 0 Å². The molecule has 8 amide bonds. The Bertz CT molecular complexity index is 2720. The van der Waals surface area contributed by atoms with Gasteiger partial charge in [-0.05, 0) is 70.7 Å². The number of piperidine rings is 2. The highest BCUT2D eigenvalue weighted by atomic mass is 35.5. The lowest BCUT2D eigenvalue weighted by atomic mass is 10.0. The lowest BCUT2D eigenvalue weighted by molar-refractivity contribution is -0.156. The number of rotatable bonds is 40. The quantitative estimate of drug-likeness (QED) is 0.0363. The summed E-state index contributed by atoms with van der Waals surface area (Å²) in [6.07, 6.45) is 1.87. The monoisotopic (exact) mass is 1250 g/mol. The molecular weight excluding hydrogens is 1170 g/mol. The van der Waals surface area contributed by atoms with Gasteiger partial charge in [0.25, 0.3) is 23.6 Å². The van der Waals surface area contributed by atoms with Crippen LogP contribution in [-0.4, -0.2) is 222 Å². The van der Waals surface area contributed by atoms with Crippen molar-refractivity contribution in [2.75, 3.05) is 129 Å². The maximum absolute atomic E-state index is 13.1. The molecule has 0 aliphatic carbocycles. The van der Waals surface area contributed by atoms with Crippen LogP contribution in [0.15, 0.2) is 36.4 Å². The molecule has 2 atom stereocenters. The fraction of sp³-hybridized carbons (Fsp3) is 0.586. The van der Waals surface area contributed by atoms with Gasteiger partial charge in [0.05, 0.1) is 141 Å².